The SMILES string of the molecule is CCNC(C1CCCOC1)C(C)(CC)N(C)C. The van der Waals surface area contributed by atoms with Gasteiger partial charge in [-0.2, -0.15) is 0 Å². The number of ether oxygens (including phenoxy) is 1. The summed E-state index contributed by atoms with van der Waals surface area (Å²) in [6.07, 6.45) is 3.66. The van der Waals surface area contributed by atoms with Crippen LogP contribution in [0.4, 0.5) is 0 Å². The third-order valence-electron chi connectivity index (χ3n) is 4.50. The van der Waals surface area contributed by atoms with Gasteiger partial charge in [0.2, 0.25) is 0 Å². The molecule has 0 spiro atoms. The Morgan fingerprint density at radius 1 is 1.41 bits per heavy atom. The highest BCUT2D eigenvalue weighted by molar-refractivity contribution is 4.98. The number of likely N-dealkylation sites (N-methyl/N-ethyl adjacent to an activating group) is 2. The summed E-state index contributed by atoms with van der Waals surface area (Å²) in [6.45, 7) is 9.75. The molecule has 0 aromatic rings. The normalized spacial score (nSPS) is 26.8. The first-order valence-corrected chi connectivity index (χ1v) is 7.04. The summed E-state index contributed by atoms with van der Waals surface area (Å²) in [6, 6.07) is 0.521. The summed E-state index contributed by atoms with van der Waals surface area (Å²) in [4.78, 5) is 2.37. The van der Waals surface area contributed by atoms with Crippen LogP contribution in [0.15, 0.2) is 0 Å². The minimum atomic E-state index is 0.210. The van der Waals surface area contributed by atoms with Gasteiger partial charge < -0.3 is 15.0 Å². The van der Waals surface area contributed by atoms with Crippen LogP contribution < -0.4 is 5.32 Å². The molecule has 1 heterocycles. The van der Waals surface area contributed by atoms with Gasteiger partial charge in [-0.3, -0.25) is 0 Å². The minimum absolute atomic E-state index is 0.210. The lowest BCUT2D eigenvalue weighted by molar-refractivity contribution is -0.00163. The van der Waals surface area contributed by atoms with Gasteiger partial charge in [-0.25, -0.2) is 0 Å². The van der Waals surface area contributed by atoms with E-state index in [1.54, 1.807) is 0 Å². The lowest BCUT2D eigenvalue weighted by Gasteiger charge is -2.47. The summed E-state index contributed by atoms with van der Waals surface area (Å²) in [5.41, 5.74) is 0.210. The molecule has 3 nitrogen and oxygen atoms in total. The second-order valence-corrected chi connectivity index (χ2v) is 5.62. The predicted molar refractivity (Wildman–Crippen MR) is 73.4 cm³/mol. The standard InChI is InChI=1S/C14H30N2O/c1-6-14(3,16(4)5)13(15-7-2)12-9-8-10-17-11-12/h12-13,15H,6-11H2,1-5H3. The Morgan fingerprint density at radius 3 is 2.53 bits per heavy atom. The Labute approximate surface area is 107 Å². The maximum absolute atomic E-state index is 5.67. The highest BCUT2D eigenvalue weighted by Crippen LogP contribution is 2.30. The highest BCUT2D eigenvalue weighted by Gasteiger charge is 2.39. The average Bonchev–Trinajstić information content (AvgIpc) is 2.36. The second-order valence-electron chi connectivity index (χ2n) is 5.62. The molecule has 0 amide bonds. The molecule has 0 aliphatic carbocycles. The summed E-state index contributed by atoms with van der Waals surface area (Å²) in [7, 11) is 4.38. The van der Waals surface area contributed by atoms with Crippen LogP contribution in [-0.2, 0) is 4.74 Å². The summed E-state index contributed by atoms with van der Waals surface area (Å²) in [5, 5.41) is 3.70. The fraction of sp³-hybridized carbons (Fsp3) is 1.00. The van der Waals surface area contributed by atoms with Crippen molar-refractivity contribution in [3.05, 3.63) is 0 Å². The van der Waals surface area contributed by atoms with E-state index in [0.717, 1.165) is 26.2 Å². The molecule has 102 valence electrons. The van der Waals surface area contributed by atoms with Gasteiger partial charge in [0.15, 0.2) is 0 Å². The molecule has 3 heteroatoms. The van der Waals surface area contributed by atoms with Crippen LogP contribution >= 0.6 is 0 Å². The van der Waals surface area contributed by atoms with Crippen molar-refractivity contribution >= 4 is 0 Å². The van der Waals surface area contributed by atoms with Crippen molar-refractivity contribution in [3.63, 3.8) is 0 Å². The van der Waals surface area contributed by atoms with E-state index in [-0.39, 0.29) is 5.54 Å². The smallest absolute Gasteiger partial charge is 0.0509 e. The molecule has 1 N–H and O–H groups in total. The molecule has 3 atom stereocenters. The zero-order chi connectivity index (χ0) is 12.9. The van der Waals surface area contributed by atoms with Gasteiger partial charge in [0.25, 0.3) is 0 Å². The van der Waals surface area contributed by atoms with Gasteiger partial charge in [-0.05, 0) is 52.7 Å². The van der Waals surface area contributed by atoms with Crippen LogP contribution in [0.1, 0.15) is 40.0 Å². The molecular weight excluding hydrogens is 212 g/mol. The van der Waals surface area contributed by atoms with Crippen LogP contribution in [0.2, 0.25) is 0 Å². The molecule has 0 radical (unpaired) electrons. The van der Waals surface area contributed by atoms with Crippen LogP contribution in [0.25, 0.3) is 0 Å². The van der Waals surface area contributed by atoms with Crippen molar-refractivity contribution in [2.24, 2.45) is 5.92 Å². The Morgan fingerprint density at radius 2 is 2.12 bits per heavy atom. The van der Waals surface area contributed by atoms with E-state index in [1.165, 1.54) is 12.8 Å². The first-order valence-electron chi connectivity index (χ1n) is 7.04. The average molecular weight is 242 g/mol. The van der Waals surface area contributed by atoms with Crippen LogP contribution in [0.5, 0.6) is 0 Å². The first-order chi connectivity index (χ1) is 8.06. The molecule has 3 unspecified atom stereocenters. The topological polar surface area (TPSA) is 24.5 Å². The molecular formula is C14H30N2O. The van der Waals surface area contributed by atoms with Gasteiger partial charge in [-0.15, -0.1) is 0 Å². The molecule has 1 aliphatic rings. The maximum atomic E-state index is 5.67. The first kappa shape index (κ1) is 14.9. The quantitative estimate of drug-likeness (QED) is 0.772. The lowest BCUT2D eigenvalue weighted by atomic mass is 9.78. The third kappa shape index (κ3) is 3.43. The Bertz CT molecular complexity index is 214. The van der Waals surface area contributed by atoms with Gasteiger partial charge in [0, 0.05) is 18.2 Å². The molecule has 1 aliphatic heterocycles. The summed E-state index contributed by atoms with van der Waals surface area (Å²) in [5.74, 6) is 0.649. The zero-order valence-corrected chi connectivity index (χ0v) is 12.3. The number of rotatable bonds is 6. The van der Waals surface area contributed by atoms with E-state index < -0.39 is 0 Å². The maximum Gasteiger partial charge on any atom is 0.0509 e. The number of nitrogens with one attached hydrogen (secondary N) is 1. The van der Waals surface area contributed by atoms with Crippen molar-refractivity contribution in [1.29, 1.82) is 0 Å². The van der Waals surface area contributed by atoms with E-state index in [2.05, 4.69) is 45.1 Å². The van der Waals surface area contributed by atoms with E-state index in [0.29, 0.717) is 12.0 Å². The largest absolute Gasteiger partial charge is 0.381 e. The van der Waals surface area contributed by atoms with Gasteiger partial charge in [0.1, 0.15) is 0 Å². The molecule has 1 rings (SSSR count). The van der Waals surface area contributed by atoms with Crippen molar-refractivity contribution < 1.29 is 4.74 Å². The molecule has 0 aromatic heterocycles. The number of nitrogens with zero attached hydrogens (tertiary/aromatic N) is 1. The Kier molecular flexibility index (Phi) is 5.90. The van der Waals surface area contributed by atoms with Crippen molar-refractivity contribution in [3.8, 4) is 0 Å². The van der Waals surface area contributed by atoms with Crippen molar-refractivity contribution in [2.75, 3.05) is 33.9 Å². The fourth-order valence-electron chi connectivity index (χ4n) is 2.96. The van der Waals surface area contributed by atoms with Gasteiger partial charge in [0.05, 0.1) is 6.61 Å². The van der Waals surface area contributed by atoms with E-state index in [4.69, 9.17) is 4.74 Å². The van der Waals surface area contributed by atoms with Crippen LogP contribution in [-0.4, -0.2) is 50.3 Å². The number of hydrogen-bond donors (Lipinski definition) is 1. The highest BCUT2D eigenvalue weighted by atomic mass is 16.5. The van der Waals surface area contributed by atoms with Crippen LogP contribution in [0, 0.1) is 5.92 Å². The van der Waals surface area contributed by atoms with E-state index in [9.17, 15) is 0 Å². The fourth-order valence-corrected chi connectivity index (χ4v) is 2.96. The third-order valence-corrected chi connectivity index (χ3v) is 4.50. The zero-order valence-electron chi connectivity index (χ0n) is 12.3. The molecule has 0 saturated carbocycles. The summed E-state index contributed by atoms with van der Waals surface area (Å²) < 4.78 is 5.67. The number of hydrogen-bond acceptors (Lipinski definition) is 3. The molecule has 1 fully saturated rings. The van der Waals surface area contributed by atoms with E-state index in [1.807, 2.05) is 0 Å². The van der Waals surface area contributed by atoms with Gasteiger partial charge >= 0.3 is 0 Å². The predicted octanol–water partition coefficient (Wildman–Crippen LogP) is 2.12. The van der Waals surface area contributed by atoms with Gasteiger partial charge in [-0.1, -0.05) is 13.8 Å². The Balaban J connectivity index is 2.81. The van der Waals surface area contributed by atoms with Crippen molar-refractivity contribution in [1.82, 2.24) is 10.2 Å². The second kappa shape index (κ2) is 6.72. The lowest BCUT2D eigenvalue weighted by Crippen LogP contribution is -2.61. The molecule has 0 aromatic carbocycles. The summed E-state index contributed by atoms with van der Waals surface area (Å²) >= 11 is 0. The van der Waals surface area contributed by atoms with E-state index >= 15 is 0 Å². The molecule has 17 heavy (non-hydrogen) atoms. The monoisotopic (exact) mass is 242 g/mol. The van der Waals surface area contributed by atoms with Crippen LogP contribution in [0.3, 0.4) is 0 Å². The van der Waals surface area contributed by atoms with Crippen molar-refractivity contribution in [2.45, 2.75) is 51.6 Å². The minimum Gasteiger partial charge on any atom is -0.381 e. The molecule has 0 bridgehead atoms. The Hall–Kier alpha value is -0.120. The molecule has 1 saturated heterocycles.